The molecule has 0 bridgehead atoms. The van der Waals surface area contributed by atoms with Crippen LogP contribution < -0.4 is 9.05 Å². The van der Waals surface area contributed by atoms with Crippen LogP contribution in [-0.4, -0.2) is 0 Å². The van der Waals surface area contributed by atoms with E-state index < -0.39 is 16.5 Å². The monoisotopic (exact) mass is 854 g/mol. The third kappa shape index (κ3) is 6.65. The van der Waals surface area contributed by atoms with Crippen molar-refractivity contribution in [2.75, 3.05) is 0 Å². The Labute approximate surface area is 363 Å². The van der Waals surface area contributed by atoms with Crippen molar-refractivity contribution in [3.8, 4) is 22.6 Å². The SMILES string of the molecule is Cc1cc(C)c2op(Oc3c(C)cc(C)c(C)c3-c3c(C)c(C)cc(C)c3Op3oc4ccc5ccccc5c4c4c(ccc5ccccc54)o3)oc3c(C)cc(C)cc3c2c1. The Hall–Kier alpha value is -6.32. The molecular formula is C54H48O6P2. The molecule has 10 aromatic rings. The van der Waals surface area contributed by atoms with E-state index in [9.17, 15) is 0 Å². The van der Waals surface area contributed by atoms with Gasteiger partial charge in [-0.2, -0.15) is 0 Å². The molecule has 0 aliphatic heterocycles. The predicted octanol–water partition coefficient (Wildman–Crippen LogP) is 17.6. The Balaban J connectivity index is 1.23. The molecule has 2 heterocycles. The summed E-state index contributed by atoms with van der Waals surface area (Å²) in [6, 6.07) is 38.2. The van der Waals surface area contributed by atoms with Gasteiger partial charge in [0, 0.05) is 32.7 Å². The van der Waals surface area contributed by atoms with Crippen LogP contribution in [0.2, 0.25) is 0 Å². The van der Waals surface area contributed by atoms with Crippen molar-refractivity contribution < 1.29 is 25.8 Å². The maximum Gasteiger partial charge on any atom is 0.453 e. The van der Waals surface area contributed by atoms with Crippen LogP contribution in [0.15, 0.2) is 126 Å². The first kappa shape index (κ1) is 39.8. The van der Waals surface area contributed by atoms with Crippen molar-refractivity contribution in [2.45, 2.75) is 69.2 Å². The van der Waals surface area contributed by atoms with Crippen LogP contribution in [0.25, 0.3) is 76.5 Å². The molecule has 0 saturated carbocycles. The second-order valence-corrected chi connectivity index (χ2v) is 18.9. The van der Waals surface area contributed by atoms with E-state index in [1.165, 1.54) is 0 Å². The first-order valence-corrected chi connectivity index (χ1v) is 23.2. The van der Waals surface area contributed by atoms with Gasteiger partial charge in [-0.3, -0.25) is 0 Å². The molecule has 8 heteroatoms. The van der Waals surface area contributed by atoms with Crippen molar-refractivity contribution >= 4 is 81.9 Å². The summed E-state index contributed by atoms with van der Waals surface area (Å²) in [5.41, 5.74) is 15.5. The van der Waals surface area contributed by atoms with Crippen molar-refractivity contribution in [3.05, 3.63) is 165 Å². The third-order valence-corrected chi connectivity index (χ3v) is 14.4. The number of benzene rings is 8. The molecule has 0 fully saturated rings. The smallest absolute Gasteiger partial charge is 0.390 e. The van der Waals surface area contributed by atoms with Gasteiger partial charge in [-0.1, -0.05) is 84.9 Å². The standard InChI is InChI=1S/C54H48O6P2/c1-29-23-33(5)51-43(25-29)44-26-30(2)24-34(6)52(44)58-62(57-51)60-54-36(8)28-32(4)38(10)48(54)47-37(9)31(3)27-35(7)53(47)59-61-55-45-21-19-39-15-11-13-17-41(39)49(45)50-42-18-14-12-16-40(42)20-22-46(50)56-61/h11-28H,1-10H3. The lowest BCUT2D eigenvalue weighted by molar-refractivity contribution is 0.491. The summed E-state index contributed by atoms with van der Waals surface area (Å²) in [5, 5.41) is 8.41. The first-order chi connectivity index (χ1) is 29.8. The largest absolute Gasteiger partial charge is 0.453 e. The van der Waals surface area contributed by atoms with Crippen LogP contribution in [0.4, 0.5) is 0 Å². The number of hydrogen-bond donors (Lipinski definition) is 0. The zero-order chi connectivity index (χ0) is 43.1. The summed E-state index contributed by atoms with van der Waals surface area (Å²) in [4.78, 5) is 0. The average molecular weight is 855 g/mol. The van der Waals surface area contributed by atoms with Crippen LogP contribution in [0.5, 0.6) is 11.5 Å². The first-order valence-electron chi connectivity index (χ1n) is 21.0. The Morgan fingerprint density at radius 1 is 0.371 bits per heavy atom. The van der Waals surface area contributed by atoms with Crippen LogP contribution in [-0.2, 0) is 0 Å². The summed E-state index contributed by atoms with van der Waals surface area (Å²) < 4.78 is 41.9. The molecule has 0 aliphatic rings. The van der Waals surface area contributed by atoms with Crippen LogP contribution in [0, 0.1) is 69.2 Å². The lowest BCUT2D eigenvalue weighted by atomic mass is 9.87. The lowest BCUT2D eigenvalue weighted by Gasteiger charge is -2.22. The highest BCUT2D eigenvalue weighted by atomic mass is 31.1. The van der Waals surface area contributed by atoms with Crippen LogP contribution in [0.1, 0.15) is 55.6 Å². The predicted molar refractivity (Wildman–Crippen MR) is 259 cm³/mol. The summed E-state index contributed by atoms with van der Waals surface area (Å²) in [7, 11) is -3.99. The van der Waals surface area contributed by atoms with Crippen molar-refractivity contribution in [2.24, 2.45) is 0 Å². The van der Waals surface area contributed by atoms with Crippen LogP contribution >= 0.6 is 16.5 Å². The molecule has 8 aromatic carbocycles. The number of hydrogen-bond acceptors (Lipinski definition) is 6. The molecule has 0 aliphatic carbocycles. The van der Waals surface area contributed by atoms with Gasteiger partial charge in [-0.05, 0) is 171 Å². The molecule has 2 aromatic heterocycles. The fourth-order valence-electron chi connectivity index (χ4n) is 9.26. The van der Waals surface area contributed by atoms with Gasteiger partial charge in [-0.25, -0.2) is 0 Å². The van der Waals surface area contributed by atoms with E-state index in [1.807, 2.05) is 12.1 Å². The minimum atomic E-state index is -2.02. The second-order valence-electron chi connectivity index (χ2n) is 16.9. The van der Waals surface area contributed by atoms with Gasteiger partial charge in [-0.15, -0.1) is 0 Å². The fourth-order valence-corrected chi connectivity index (χ4v) is 11.7. The van der Waals surface area contributed by atoms with E-state index in [1.54, 1.807) is 0 Å². The molecule has 0 saturated heterocycles. The molecule has 62 heavy (non-hydrogen) atoms. The van der Waals surface area contributed by atoms with Gasteiger partial charge < -0.3 is 25.8 Å². The fraction of sp³-hybridized carbons (Fsp3) is 0.185. The zero-order valence-electron chi connectivity index (χ0n) is 36.7. The quantitative estimate of drug-likeness (QED) is 0.172. The van der Waals surface area contributed by atoms with E-state index in [-0.39, 0.29) is 0 Å². The second kappa shape index (κ2) is 15.2. The van der Waals surface area contributed by atoms with Crippen molar-refractivity contribution in [3.63, 3.8) is 0 Å². The van der Waals surface area contributed by atoms with Gasteiger partial charge in [0.1, 0.15) is 33.8 Å². The highest BCUT2D eigenvalue weighted by Gasteiger charge is 2.27. The zero-order valence-corrected chi connectivity index (χ0v) is 38.5. The average Bonchev–Trinajstić information content (AvgIpc) is 3.51. The Morgan fingerprint density at radius 3 is 1.21 bits per heavy atom. The van der Waals surface area contributed by atoms with Gasteiger partial charge in [0.25, 0.3) is 0 Å². The molecule has 0 atom stereocenters. The van der Waals surface area contributed by atoms with Gasteiger partial charge in [0.05, 0.1) is 0 Å². The van der Waals surface area contributed by atoms with Gasteiger partial charge >= 0.3 is 16.5 Å². The summed E-state index contributed by atoms with van der Waals surface area (Å²) in [5.74, 6) is 1.35. The maximum absolute atomic E-state index is 7.18. The van der Waals surface area contributed by atoms with E-state index in [0.29, 0.717) is 22.7 Å². The number of fused-ring (bicyclic) bond motifs is 10. The number of rotatable bonds is 5. The van der Waals surface area contributed by atoms with E-state index in [4.69, 9.17) is 25.8 Å². The Kier molecular flexibility index (Phi) is 9.78. The highest BCUT2D eigenvalue weighted by Crippen LogP contribution is 2.52. The van der Waals surface area contributed by atoms with E-state index >= 15 is 0 Å². The topological polar surface area (TPSA) is 71.0 Å². The van der Waals surface area contributed by atoms with E-state index in [2.05, 4.69) is 166 Å². The van der Waals surface area contributed by atoms with Crippen molar-refractivity contribution in [1.29, 1.82) is 0 Å². The Bertz CT molecular complexity index is 3430. The van der Waals surface area contributed by atoms with Crippen LogP contribution in [0.3, 0.4) is 0 Å². The molecule has 0 radical (unpaired) electrons. The normalized spacial score (nSPS) is 11.7. The minimum Gasteiger partial charge on any atom is -0.390 e. The molecule has 6 nitrogen and oxygen atoms in total. The Morgan fingerprint density at radius 2 is 0.774 bits per heavy atom. The number of aryl methyl sites for hydroxylation is 8. The summed E-state index contributed by atoms with van der Waals surface area (Å²) >= 11 is 0. The molecule has 310 valence electrons. The molecule has 0 spiro atoms. The highest BCUT2D eigenvalue weighted by molar-refractivity contribution is 7.32. The van der Waals surface area contributed by atoms with Crippen molar-refractivity contribution in [1.82, 2.24) is 0 Å². The maximum atomic E-state index is 7.18. The molecule has 10 rings (SSSR count). The summed E-state index contributed by atoms with van der Waals surface area (Å²) in [6.45, 7) is 21.2. The van der Waals surface area contributed by atoms with E-state index in [0.717, 1.165) is 121 Å². The molecule has 0 N–H and O–H groups in total. The van der Waals surface area contributed by atoms with Gasteiger partial charge in [0.2, 0.25) is 0 Å². The molecular weight excluding hydrogens is 807 g/mol. The minimum absolute atomic E-state index is 0.674. The third-order valence-electron chi connectivity index (χ3n) is 12.4. The molecule has 0 amide bonds. The van der Waals surface area contributed by atoms with Gasteiger partial charge in [0.15, 0.2) is 0 Å². The molecule has 0 unspecified atom stereocenters. The lowest BCUT2D eigenvalue weighted by Crippen LogP contribution is -2.01. The summed E-state index contributed by atoms with van der Waals surface area (Å²) in [6.07, 6.45) is 0.